The first kappa shape index (κ1) is 20.4. The van der Waals surface area contributed by atoms with Crippen LogP contribution in [0.25, 0.3) is 0 Å². The largest absolute Gasteiger partial charge is 0.491 e. The van der Waals surface area contributed by atoms with E-state index in [4.69, 9.17) is 4.74 Å². The predicted octanol–water partition coefficient (Wildman–Crippen LogP) is 2.98. The minimum atomic E-state index is -0.945. The molecule has 0 fully saturated rings. The Morgan fingerprint density at radius 1 is 1.15 bits per heavy atom. The molecule has 2 aromatic carbocycles. The van der Waals surface area contributed by atoms with Gasteiger partial charge in [-0.25, -0.2) is 8.78 Å². The Labute approximate surface area is 156 Å². The fourth-order valence-electron chi connectivity index (χ4n) is 2.37. The van der Waals surface area contributed by atoms with E-state index in [1.807, 2.05) is 31.2 Å². The van der Waals surface area contributed by atoms with Crippen LogP contribution < -0.4 is 15.4 Å². The summed E-state index contributed by atoms with van der Waals surface area (Å²) >= 11 is 0. The second-order valence-electron chi connectivity index (χ2n) is 6.23. The first-order valence-electron chi connectivity index (χ1n) is 8.57. The van der Waals surface area contributed by atoms with Gasteiger partial charge in [-0.3, -0.25) is 9.59 Å². The number of rotatable bonds is 8. The second-order valence-corrected chi connectivity index (χ2v) is 6.23. The van der Waals surface area contributed by atoms with Gasteiger partial charge in [-0.15, -0.1) is 0 Å². The topological polar surface area (TPSA) is 67.4 Å². The molecule has 2 rings (SSSR count). The maximum absolute atomic E-state index is 13.5. The number of carbonyl (C=O) groups is 2. The zero-order chi connectivity index (χ0) is 19.8. The van der Waals surface area contributed by atoms with Gasteiger partial charge >= 0.3 is 0 Å². The summed E-state index contributed by atoms with van der Waals surface area (Å²) in [4.78, 5) is 23.7. The van der Waals surface area contributed by atoms with Gasteiger partial charge in [0.05, 0.1) is 11.6 Å². The van der Waals surface area contributed by atoms with Crippen LogP contribution in [0.2, 0.25) is 0 Å². The van der Waals surface area contributed by atoms with Crippen LogP contribution in [0.1, 0.15) is 29.3 Å². The molecule has 1 atom stereocenters. The third kappa shape index (κ3) is 6.69. The fourth-order valence-corrected chi connectivity index (χ4v) is 2.37. The minimum absolute atomic E-state index is 0.0311. The molecule has 2 aromatic rings. The minimum Gasteiger partial charge on any atom is -0.491 e. The van der Waals surface area contributed by atoms with Crippen LogP contribution in [0.3, 0.4) is 0 Å². The van der Waals surface area contributed by atoms with Gasteiger partial charge in [0.1, 0.15) is 24.0 Å². The van der Waals surface area contributed by atoms with Crippen LogP contribution in [0, 0.1) is 18.6 Å². The van der Waals surface area contributed by atoms with Crippen molar-refractivity contribution in [3.63, 3.8) is 0 Å². The zero-order valence-electron chi connectivity index (χ0n) is 15.2. The molecule has 0 spiro atoms. The molecular formula is C20H22F2N2O3. The van der Waals surface area contributed by atoms with E-state index >= 15 is 0 Å². The predicted molar refractivity (Wildman–Crippen MR) is 97.6 cm³/mol. The van der Waals surface area contributed by atoms with E-state index in [0.29, 0.717) is 12.7 Å². The van der Waals surface area contributed by atoms with E-state index in [9.17, 15) is 18.4 Å². The molecule has 0 saturated heterocycles. The monoisotopic (exact) mass is 376 g/mol. The van der Waals surface area contributed by atoms with Crippen molar-refractivity contribution in [2.24, 2.45) is 0 Å². The van der Waals surface area contributed by atoms with E-state index in [2.05, 4.69) is 10.6 Å². The molecule has 27 heavy (non-hydrogen) atoms. The first-order chi connectivity index (χ1) is 12.8. The average Bonchev–Trinajstić information content (AvgIpc) is 2.60. The highest BCUT2D eigenvalue weighted by Crippen LogP contribution is 2.12. The molecule has 1 unspecified atom stereocenters. The maximum Gasteiger partial charge on any atom is 0.254 e. The molecule has 0 aliphatic rings. The number of carbonyl (C=O) groups excluding carboxylic acids is 2. The number of hydrogen-bond acceptors (Lipinski definition) is 3. The Morgan fingerprint density at radius 2 is 1.93 bits per heavy atom. The molecule has 0 saturated carbocycles. The van der Waals surface area contributed by atoms with E-state index < -0.39 is 17.5 Å². The number of ether oxygens (including phenoxy) is 1. The summed E-state index contributed by atoms with van der Waals surface area (Å²) in [5.41, 5.74) is 0.814. The van der Waals surface area contributed by atoms with E-state index in [-0.39, 0.29) is 30.5 Å². The van der Waals surface area contributed by atoms with Gasteiger partial charge in [-0.2, -0.15) is 0 Å². The average molecular weight is 376 g/mol. The molecule has 0 aliphatic heterocycles. The summed E-state index contributed by atoms with van der Waals surface area (Å²) in [7, 11) is 0. The van der Waals surface area contributed by atoms with Gasteiger partial charge in [-0.05, 0) is 43.7 Å². The highest BCUT2D eigenvalue weighted by atomic mass is 19.1. The highest BCUT2D eigenvalue weighted by molar-refractivity contribution is 5.94. The molecular weight excluding hydrogens is 354 g/mol. The third-order valence-corrected chi connectivity index (χ3v) is 3.71. The van der Waals surface area contributed by atoms with Gasteiger partial charge in [0, 0.05) is 19.0 Å². The summed E-state index contributed by atoms with van der Waals surface area (Å²) in [6.07, 6.45) is 0.0311. The van der Waals surface area contributed by atoms with Crippen molar-refractivity contribution in [2.45, 2.75) is 26.3 Å². The molecule has 144 valence electrons. The lowest BCUT2D eigenvalue weighted by Crippen LogP contribution is -2.38. The molecule has 0 aliphatic carbocycles. The van der Waals surface area contributed by atoms with Crippen molar-refractivity contribution in [1.82, 2.24) is 10.6 Å². The normalized spacial score (nSPS) is 11.6. The zero-order valence-corrected chi connectivity index (χ0v) is 15.2. The van der Waals surface area contributed by atoms with Crippen LogP contribution in [0.4, 0.5) is 8.78 Å². The summed E-state index contributed by atoms with van der Waals surface area (Å²) in [6.45, 7) is 4.11. The number of aryl methyl sites for hydroxylation is 1. The molecule has 2 amide bonds. The molecule has 2 N–H and O–H groups in total. The molecule has 0 aromatic heterocycles. The number of hydrogen-bond donors (Lipinski definition) is 2. The van der Waals surface area contributed by atoms with Gasteiger partial charge in [0.15, 0.2) is 0 Å². The first-order valence-corrected chi connectivity index (χ1v) is 8.57. The second kappa shape index (κ2) is 9.66. The van der Waals surface area contributed by atoms with Crippen molar-refractivity contribution in [3.8, 4) is 5.75 Å². The Hall–Kier alpha value is -2.96. The molecule has 0 heterocycles. The molecule has 5 nitrogen and oxygen atoms in total. The van der Waals surface area contributed by atoms with Crippen molar-refractivity contribution in [1.29, 1.82) is 0 Å². The number of amides is 2. The summed E-state index contributed by atoms with van der Waals surface area (Å²) in [5, 5.41) is 5.19. The van der Waals surface area contributed by atoms with Gasteiger partial charge in [-0.1, -0.05) is 12.1 Å². The smallest absolute Gasteiger partial charge is 0.254 e. The van der Waals surface area contributed by atoms with E-state index in [0.717, 1.165) is 23.4 Å². The number of nitrogens with one attached hydrogen (secondary N) is 2. The van der Waals surface area contributed by atoms with E-state index in [1.54, 1.807) is 6.92 Å². The lowest BCUT2D eigenvalue weighted by Gasteiger charge is -2.15. The Balaban J connectivity index is 1.70. The SMILES string of the molecule is Cc1cccc(OCC(C)NC(=O)CCNC(=O)c2ccc(F)cc2F)c1. The van der Waals surface area contributed by atoms with Gasteiger partial charge < -0.3 is 15.4 Å². The lowest BCUT2D eigenvalue weighted by molar-refractivity contribution is -0.121. The summed E-state index contributed by atoms with van der Waals surface area (Å²) in [6, 6.07) is 10.1. The Kier molecular flexibility index (Phi) is 7.28. The number of benzene rings is 2. The van der Waals surface area contributed by atoms with E-state index in [1.165, 1.54) is 0 Å². The van der Waals surface area contributed by atoms with Crippen LogP contribution in [-0.2, 0) is 4.79 Å². The van der Waals surface area contributed by atoms with Gasteiger partial charge in [0.25, 0.3) is 5.91 Å². The van der Waals surface area contributed by atoms with Crippen molar-refractivity contribution in [2.75, 3.05) is 13.2 Å². The quantitative estimate of drug-likeness (QED) is 0.744. The van der Waals surface area contributed by atoms with Crippen LogP contribution in [-0.4, -0.2) is 31.0 Å². The van der Waals surface area contributed by atoms with Crippen LogP contribution in [0.5, 0.6) is 5.75 Å². The van der Waals surface area contributed by atoms with Crippen molar-refractivity contribution in [3.05, 3.63) is 65.2 Å². The molecule has 0 bridgehead atoms. The Morgan fingerprint density at radius 3 is 2.63 bits per heavy atom. The van der Waals surface area contributed by atoms with Crippen molar-refractivity contribution >= 4 is 11.8 Å². The standard InChI is InChI=1S/C20H22F2N2O3/c1-13-4-3-5-16(10-13)27-12-14(2)24-19(25)8-9-23-20(26)17-7-6-15(21)11-18(17)22/h3-7,10-11,14H,8-9,12H2,1-2H3,(H,23,26)(H,24,25). The van der Waals surface area contributed by atoms with Gasteiger partial charge in [0.2, 0.25) is 5.91 Å². The number of halogens is 2. The fraction of sp³-hybridized carbons (Fsp3) is 0.300. The summed E-state index contributed by atoms with van der Waals surface area (Å²) in [5.74, 6) is -1.94. The molecule has 0 radical (unpaired) electrons. The van der Waals surface area contributed by atoms with Crippen molar-refractivity contribution < 1.29 is 23.1 Å². The summed E-state index contributed by atoms with van der Waals surface area (Å²) < 4.78 is 32.0. The lowest BCUT2D eigenvalue weighted by atomic mass is 10.2. The highest BCUT2D eigenvalue weighted by Gasteiger charge is 2.13. The maximum atomic E-state index is 13.5. The van der Waals surface area contributed by atoms with Crippen LogP contribution >= 0.6 is 0 Å². The van der Waals surface area contributed by atoms with Crippen LogP contribution in [0.15, 0.2) is 42.5 Å². The third-order valence-electron chi connectivity index (χ3n) is 3.71. The molecule has 7 heteroatoms. The Bertz CT molecular complexity index is 812.